The van der Waals surface area contributed by atoms with Crippen LogP contribution in [0.3, 0.4) is 0 Å². The van der Waals surface area contributed by atoms with Crippen LogP contribution < -0.4 is 0 Å². The molecule has 0 amide bonds. The van der Waals surface area contributed by atoms with Crippen LogP contribution in [0.5, 0.6) is 0 Å². The molecule has 84 valence electrons. The molecule has 0 heterocycles. The van der Waals surface area contributed by atoms with E-state index < -0.39 is 0 Å². The summed E-state index contributed by atoms with van der Waals surface area (Å²) in [6.45, 7) is 0. The normalized spacial score (nSPS) is 13.4. The summed E-state index contributed by atoms with van der Waals surface area (Å²) in [5.74, 6) is 0. The van der Waals surface area contributed by atoms with Crippen LogP contribution >= 0.6 is 23.2 Å². The van der Waals surface area contributed by atoms with E-state index in [0.717, 1.165) is 12.0 Å². The fraction of sp³-hybridized carbons (Fsp3) is 0.0667. The summed E-state index contributed by atoms with van der Waals surface area (Å²) in [5.41, 5.74) is 4.96. The lowest BCUT2D eigenvalue weighted by atomic mass is 9.99. The molecule has 0 N–H and O–H groups in total. The zero-order valence-corrected chi connectivity index (χ0v) is 10.6. The quantitative estimate of drug-likeness (QED) is 0.679. The largest absolute Gasteiger partial charge is 0.0843 e. The average molecular weight is 261 g/mol. The Hall–Kier alpha value is -1.24. The Kier molecular flexibility index (Phi) is 2.70. The molecule has 2 aromatic rings. The van der Waals surface area contributed by atoms with E-state index >= 15 is 0 Å². The van der Waals surface area contributed by atoms with E-state index in [1.54, 1.807) is 6.07 Å². The average Bonchev–Trinajstić information content (AvgIpc) is 2.71. The van der Waals surface area contributed by atoms with E-state index in [0.29, 0.717) is 10.0 Å². The van der Waals surface area contributed by atoms with Crippen LogP contribution in [0, 0.1) is 0 Å². The lowest BCUT2D eigenvalue weighted by molar-refractivity contribution is 1.31. The van der Waals surface area contributed by atoms with Crippen molar-refractivity contribution in [2.45, 2.75) is 6.42 Å². The Bertz CT molecular complexity index is 592. The molecule has 1 aliphatic rings. The van der Waals surface area contributed by atoms with E-state index in [-0.39, 0.29) is 0 Å². The zero-order valence-electron chi connectivity index (χ0n) is 9.08. The maximum absolute atomic E-state index is 6.04. The van der Waals surface area contributed by atoms with Crippen molar-refractivity contribution in [2.24, 2.45) is 0 Å². The SMILES string of the molecule is Clc1cc(Cl)cc(C2=CCc3ccccc32)c1. The van der Waals surface area contributed by atoms with Gasteiger partial charge in [-0.3, -0.25) is 0 Å². The lowest BCUT2D eigenvalue weighted by Gasteiger charge is -2.07. The highest BCUT2D eigenvalue weighted by Gasteiger charge is 2.15. The second kappa shape index (κ2) is 4.21. The molecule has 0 aromatic heterocycles. The molecule has 0 fully saturated rings. The number of halogens is 2. The van der Waals surface area contributed by atoms with Crippen LogP contribution in [0.1, 0.15) is 16.7 Å². The second-order valence-corrected chi connectivity index (χ2v) is 5.01. The molecule has 0 aliphatic heterocycles. The van der Waals surface area contributed by atoms with Crippen LogP contribution in [-0.2, 0) is 6.42 Å². The van der Waals surface area contributed by atoms with E-state index in [2.05, 4.69) is 30.3 Å². The number of allylic oxidation sites excluding steroid dienone is 1. The highest BCUT2D eigenvalue weighted by atomic mass is 35.5. The molecule has 0 saturated heterocycles. The van der Waals surface area contributed by atoms with Gasteiger partial charge < -0.3 is 0 Å². The zero-order chi connectivity index (χ0) is 11.8. The highest BCUT2D eigenvalue weighted by Crippen LogP contribution is 2.34. The first-order chi connectivity index (χ1) is 8.24. The Morgan fingerprint density at radius 1 is 0.882 bits per heavy atom. The van der Waals surface area contributed by atoms with Gasteiger partial charge in [-0.25, -0.2) is 0 Å². The van der Waals surface area contributed by atoms with E-state index in [4.69, 9.17) is 23.2 Å². The number of fused-ring (bicyclic) bond motifs is 1. The molecular weight excluding hydrogens is 251 g/mol. The summed E-state index contributed by atoms with van der Waals surface area (Å²) >= 11 is 12.1. The lowest BCUT2D eigenvalue weighted by Crippen LogP contribution is -1.86. The second-order valence-electron chi connectivity index (χ2n) is 4.14. The van der Waals surface area contributed by atoms with Crippen LogP contribution in [0.15, 0.2) is 48.5 Å². The smallest absolute Gasteiger partial charge is 0.0426 e. The van der Waals surface area contributed by atoms with Crippen molar-refractivity contribution in [3.05, 3.63) is 75.3 Å². The van der Waals surface area contributed by atoms with Crippen LogP contribution in [-0.4, -0.2) is 0 Å². The maximum Gasteiger partial charge on any atom is 0.0426 e. The summed E-state index contributed by atoms with van der Waals surface area (Å²) in [5, 5.41) is 1.36. The number of hydrogen-bond acceptors (Lipinski definition) is 0. The van der Waals surface area contributed by atoms with Gasteiger partial charge >= 0.3 is 0 Å². The van der Waals surface area contributed by atoms with Gasteiger partial charge in [-0.1, -0.05) is 53.5 Å². The predicted molar refractivity (Wildman–Crippen MR) is 73.7 cm³/mol. The molecule has 0 bridgehead atoms. The fourth-order valence-electron chi connectivity index (χ4n) is 2.27. The minimum absolute atomic E-state index is 0.679. The van der Waals surface area contributed by atoms with Gasteiger partial charge in [0, 0.05) is 10.0 Å². The Morgan fingerprint density at radius 3 is 2.35 bits per heavy atom. The van der Waals surface area contributed by atoms with Crippen molar-refractivity contribution in [1.82, 2.24) is 0 Å². The van der Waals surface area contributed by atoms with Crippen LogP contribution in [0.25, 0.3) is 5.57 Å². The van der Waals surface area contributed by atoms with Crippen molar-refractivity contribution < 1.29 is 0 Å². The third-order valence-corrected chi connectivity index (χ3v) is 3.44. The van der Waals surface area contributed by atoms with Gasteiger partial charge in [0.1, 0.15) is 0 Å². The standard InChI is InChI=1S/C15H10Cl2/c16-12-7-11(8-13(17)9-12)15-6-5-10-3-1-2-4-14(10)15/h1-4,6-9H,5H2. The molecule has 1 aliphatic carbocycles. The van der Waals surface area contributed by atoms with Gasteiger partial charge in [0.2, 0.25) is 0 Å². The fourth-order valence-corrected chi connectivity index (χ4v) is 2.79. The van der Waals surface area contributed by atoms with Crippen LogP contribution in [0.2, 0.25) is 10.0 Å². The van der Waals surface area contributed by atoms with Crippen LogP contribution in [0.4, 0.5) is 0 Å². The van der Waals surface area contributed by atoms with Crippen molar-refractivity contribution in [2.75, 3.05) is 0 Å². The third-order valence-electron chi connectivity index (χ3n) is 3.01. The summed E-state index contributed by atoms with van der Waals surface area (Å²) in [4.78, 5) is 0. The minimum Gasteiger partial charge on any atom is -0.0843 e. The van der Waals surface area contributed by atoms with Gasteiger partial charge in [-0.05, 0) is 46.9 Å². The number of rotatable bonds is 1. The molecule has 2 aromatic carbocycles. The molecule has 0 atom stereocenters. The third kappa shape index (κ3) is 1.99. The number of hydrogen-bond donors (Lipinski definition) is 0. The molecule has 2 heteroatoms. The van der Waals surface area contributed by atoms with Gasteiger partial charge in [0.05, 0.1) is 0 Å². The van der Waals surface area contributed by atoms with Gasteiger partial charge in [0.15, 0.2) is 0 Å². The predicted octanol–water partition coefficient (Wildman–Crippen LogP) is 4.98. The molecule has 0 saturated carbocycles. The molecular formula is C15H10Cl2. The molecule has 3 rings (SSSR count). The molecule has 0 nitrogen and oxygen atoms in total. The Balaban J connectivity index is 2.12. The summed E-state index contributed by atoms with van der Waals surface area (Å²) in [6, 6.07) is 14.1. The number of benzene rings is 2. The Labute approximate surface area is 110 Å². The molecule has 0 radical (unpaired) electrons. The van der Waals surface area contributed by atoms with Gasteiger partial charge in [0.25, 0.3) is 0 Å². The molecule has 17 heavy (non-hydrogen) atoms. The van der Waals surface area contributed by atoms with Gasteiger partial charge in [-0.15, -0.1) is 0 Å². The molecule has 0 unspecified atom stereocenters. The first-order valence-electron chi connectivity index (χ1n) is 5.49. The maximum atomic E-state index is 6.04. The summed E-state index contributed by atoms with van der Waals surface area (Å²) < 4.78 is 0. The Morgan fingerprint density at radius 2 is 1.59 bits per heavy atom. The van der Waals surface area contributed by atoms with Crippen molar-refractivity contribution >= 4 is 28.8 Å². The topological polar surface area (TPSA) is 0 Å². The van der Waals surface area contributed by atoms with E-state index in [1.807, 2.05) is 12.1 Å². The first-order valence-corrected chi connectivity index (χ1v) is 6.24. The highest BCUT2D eigenvalue weighted by molar-refractivity contribution is 6.34. The minimum atomic E-state index is 0.679. The van der Waals surface area contributed by atoms with E-state index in [9.17, 15) is 0 Å². The van der Waals surface area contributed by atoms with Crippen molar-refractivity contribution in [3.63, 3.8) is 0 Å². The van der Waals surface area contributed by atoms with Crippen molar-refractivity contribution in [3.8, 4) is 0 Å². The summed E-state index contributed by atoms with van der Waals surface area (Å²) in [6.07, 6.45) is 3.21. The monoisotopic (exact) mass is 260 g/mol. The van der Waals surface area contributed by atoms with Crippen molar-refractivity contribution in [1.29, 1.82) is 0 Å². The molecule has 0 spiro atoms. The van der Waals surface area contributed by atoms with Gasteiger partial charge in [-0.2, -0.15) is 0 Å². The van der Waals surface area contributed by atoms with E-state index in [1.165, 1.54) is 16.7 Å². The summed E-state index contributed by atoms with van der Waals surface area (Å²) in [7, 11) is 0. The first kappa shape index (κ1) is 10.9.